The van der Waals surface area contributed by atoms with E-state index in [1.165, 1.54) is 0 Å². The summed E-state index contributed by atoms with van der Waals surface area (Å²) >= 11 is 0. The molecule has 7 heteroatoms. The van der Waals surface area contributed by atoms with Gasteiger partial charge in [0, 0.05) is 44.3 Å². The van der Waals surface area contributed by atoms with Crippen molar-refractivity contribution in [3.05, 3.63) is 156 Å². The Labute approximate surface area is 270 Å². The summed E-state index contributed by atoms with van der Waals surface area (Å²) in [5, 5.41) is 4.00. The van der Waals surface area contributed by atoms with Gasteiger partial charge in [0.1, 0.15) is 40.5 Å². The minimum atomic E-state index is 0.333. The first-order valence-corrected chi connectivity index (χ1v) is 15.4. The number of amidine groups is 2. The van der Waals surface area contributed by atoms with Crippen LogP contribution in [0, 0.1) is 0 Å². The fraction of sp³-hybridized carbons (Fsp3) is 0.0500. The highest BCUT2D eigenvalue weighted by Crippen LogP contribution is 2.37. The van der Waals surface area contributed by atoms with Crippen LogP contribution in [0.5, 0.6) is 5.75 Å². The van der Waals surface area contributed by atoms with E-state index in [4.69, 9.17) is 35.0 Å². The van der Waals surface area contributed by atoms with E-state index >= 15 is 0 Å². The molecule has 0 atom stereocenters. The lowest BCUT2D eigenvalue weighted by atomic mass is 10.1. The summed E-state index contributed by atoms with van der Waals surface area (Å²) in [6.45, 7) is 0.730. The molecule has 8 rings (SSSR count). The van der Waals surface area contributed by atoms with Gasteiger partial charge < -0.3 is 25.0 Å². The average molecular weight is 615 g/mol. The van der Waals surface area contributed by atoms with Crippen LogP contribution in [0.2, 0.25) is 0 Å². The lowest BCUT2D eigenvalue weighted by molar-refractivity contribution is 0.309. The Morgan fingerprint density at radius 1 is 0.617 bits per heavy atom. The predicted molar refractivity (Wildman–Crippen MR) is 190 cm³/mol. The lowest BCUT2D eigenvalue weighted by Gasteiger charge is -2.10. The van der Waals surface area contributed by atoms with Crippen molar-refractivity contribution < 1.29 is 13.6 Å². The molecule has 0 aliphatic rings. The standard InChI is InChI=1S/C40H30N4O3/c41-32-21-31-29-19-18-25(23-43-40(27-12-5-2-6-13-27)44-39(42)26-10-3-1-4-11-26)20-35(29)47-36(31)22-37(32)45-24-28-14-9-17-34-38(28)30-15-7-8-16-33(30)46-34/h1-22H,23-24,41H2,(H2,42,43,44). The van der Waals surface area contributed by atoms with Gasteiger partial charge in [0.05, 0.1) is 12.2 Å². The average Bonchev–Trinajstić information content (AvgIpc) is 3.67. The van der Waals surface area contributed by atoms with E-state index in [1.54, 1.807) is 0 Å². The summed E-state index contributed by atoms with van der Waals surface area (Å²) < 4.78 is 18.6. The number of ether oxygens (including phenoxy) is 1. The van der Waals surface area contributed by atoms with Gasteiger partial charge in [0.2, 0.25) is 0 Å². The number of hydrogen-bond acceptors (Lipinski definition) is 5. The van der Waals surface area contributed by atoms with Crippen LogP contribution in [0.25, 0.3) is 43.9 Å². The van der Waals surface area contributed by atoms with Crippen LogP contribution >= 0.6 is 0 Å². The molecule has 0 amide bonds. The van der Waals surface area contributed by atoms with Gasteiger partial charge in [-0.25, -0.2) is 4.99 Å². The molecule has 228 valence electrons. The van der Waals surface area contributed by atoms with Crippen LogP contribution in [0.3, 0.4) is 0 Å². The first-order valence-electron chi connectivity index (χ1n) is 15.4. The first-order chi connectivity index (χ1) is 23.1. The molecule has 0 aliphatic carbocycles. The molecule has 47 heavy (non-hydrogen) atoms. The highest BCUT2D eigenvalue weighted by atomic mass is 16.5. The van der Waals surface area contributed by atoms with Crippen molar-refractivity contribution >= 4 is 61.2 Å². The van der Waals surface area contributed by atoms with Gasteiger partial charge in [0.15, 0.2) is 5.84 Å². The minimum absolute atomic E-state index is 0.333. The van der Waals surface area contributed by atoms with Gasteiger partial charge in [-0.15, -0.1) is 0 Å². The second kappa shape index (κ2) is 11.9. The van der Waals surface area contributed by atoms with E-state index in [-0.39, 0.29) is 0 Å². The number of furan rings is 2. The van der Waals surface area contributed by atoms with Crippen molar-refractivity contribution in [1.29, 1.82) is 0 Å². The predicted octanol–water partition coefficient (Wildman–Crippen LogP) is 9.00. The number of nitrogens with zero attached hydrogens (tertiary/aromatic N) is 2. The molecule has 4 N–H and O–H groups in total. The summed E-state index contributed by atoms with van der Waals surface area (Å²) in [4.78, 5) is 9.57. The smallest absolute Gasteiger partial charge is 0.157 e. The summed E-state index contributed by atoms with van der Waals surface area (Å²) in [6.07, 6.45) is 0. The number of aliphatic imine (C=N–C) groups is 2. The van der Waals surface area contributed by atoms with Crippen molar-refractivity contribution in [2.24, 2.45) is 15.7 Å². The van der Waals surface area contributed by atoms with E-state index in [1.807, 2.05) is 121 Å². The number of fused-ring (bicyclic) bond motifs is 6. The van der Waals surface area contributed by atoms with Crippen LogP contribution in [0.15, 0.2) is 152 Å². The van der Waals surface area contributed by atoms with Crippen molar-refractivity contribution in [2.75, 3.05) is 5.73 Å². The second-order valence-electron chi connectivity index (χ2n) is 11.4. The minimum Gasteiger partial charge on any atom is -0.487 e. The number of anilines is 1. The van der Waals surface area contributed by atoms with Crippen molar-refractivity contribution in [2.45, 2.75) is 13.2 Å². The Kier molecular flexibility index (Phi) is 7.11. The fourth-order valence-corrected chi connectivity index (χ4v) is 5.94. The van der Waals surface area contributed by atoms with Gasteiger partial charge in [-0.05, 0) is 29.8 Å². The zero-order valence-electron chi connectivity index (χ0n) is 25.4. The lowest BCUT2D eigenvalue weighted by Crippen LogP contribution is -2.16. The third kappa shape index (κ3) is 5.44. The van der Waals surface area contributed by atoms with E-state index < -0.39 is 0 Å². The molecule has 0 saturated heterocycles. The molecule has 8 aromatic rings. The molecule has 6 aromatic carbocycles. The first kappa shape index (κ1) is 28.2. The normalized spacial score (nSPS) is 12.4. The van der Waals surface area contributed by atoms with Gasteiger partial charge >= 0.3 is 0 Å². The molecule has 0 spiro atoms. The largest absolute Gasteiger partial charge is 0.487 e. The maximum absolute atomic E-state index is 6.51. The molecule has 2 heterocycles. The van der Waals surface area contributed by atoms with Gasteiger partial charge in [0.25, 0.3) is 0 Å². The molecule has 0 aliphatic heterocycles. The Morgan fingerprint density at radius 3 is 2.15 bits per heavy atom. The maximum atomic E-state index is 6.51. The molecule has 0 fully saturated rings. The number of para-hydroxylation sites is 1. The maximum Gasteiger partial charge on any atom is 0.157 e. The zero-order chi connectivity index (χ0) is 31.7. The quantitative estimate of drug-likeness (QED) is 0.106. The summed E-state index contributed by atoms with van der Waals surface area (Å²) in [7, 11) is 0. The Morgan fingerprint density at radius 2 is 1.32 bits per heavy atom. The van der Waals surface area contributed by atoms with Gasteiger partial charge in [-0.1, -0.05) is 103 Å². The van der Waals surface area contributed by atoms with Crippen molar-refractivity contribution in [3.8, 4) is 5.75 Å². The zero-order valence-corrected chi connectivity index (χ0v) is 25.4. The number of nitrogens with two attached hydrogens (primary N) is 2. The molecular formula is C40H30N4O3. The Balaban J connectivity index is 1.08. The van der Waals surface area contributed by atoms with Crippen LogP contribution in [-0.2, 0) is 13.2 Å². The van der Waals surface area contributed by atoms with Crippen molar-refractivity contribution in [1.82, 2.24) is 0 Å². The van der Waals surface area contributed by atoms with Crippen LogP contribution < -0.4 is 16.2 Å². The third-order valence-electron chi connectivity index (χ3n) is 8.28. The summed E-state index contributed by atoms with van der Waals surface area (Å²) in [5.41, 5.74) is 20.3. The summed E-state index contributed by atoms with van der Waals surface area (Å²) in [5.74, 6) is 1.53. The fourth-order valence-electron chi connectivity index (χ4n) is 5.94. The number of benzene rings is 6. The number of hydrogen-bond donors (Lipinski definition) is 2. The van der Waals surface area contributed by atoms with E-state index in [0.29, 0.717) is 41.8 Å². The van der Waals surface area contributed by atoms with Crippen molar-refractivity contribution in [3.63, 3.8) is 0 Å². The molecule has 0 saturated carbocycles. The van der Waals surface area contributed by atoms with Gasteiger partial charge in [-0.2, -0.15) is 0 Å². The summed E-state index contributed by atoms with van der Waals surface area (Å²) in [6, 6.07) is 43.4. The highest BCUT2D eigenvalue weighted by Gasteiger charge is 2.15. The van der Waals surface area contributed by atoms with E-state index in [2.05, 4.69) is 12.1 Å². The van der Waals surface area contributed by atoms with E-state index in [9.17, 15) is 0 Å². The number of nitrogen functional groups attached to an aromatic ring is 1. The van der Waals surface area contributed by atoms with Crippen LogP contribution in [-0.4, -0.2) is 11.7 Å². The molecular weight excluding hydrogens is 584 g/mol. The molecule has 7 nitrogen and oxygen atoms in total. The third-order valence-corrected chi connectivity index (χ3v) is 8.28. The molecule has 2 aromatic heterocycles. The number of rotatable bonds is 7. The SMILES string of the molecule is N/C(=N\C(=N/Cc1ccc2c(c1)oc1cc(OCc3cccc4oc5ccccc5c34)c(N)cc12)c1ccccc1)c1ccccc1. The second-order valence-corrected chi connectivity index (χ2v) is 11.4. The molecule has 0 unspecified atom stereocenters. The molecule has 0 bridgehead atoms. The highest BCUT2D eigenvalue weighted by molar-refractivity contribution is 6.11. The van der Waals surface area contributed by atoms with Crippen LogP contribution in [0.4, 0.5) is 5.69 Å². The van der Waals surface area contributed by atoms with Gasteiger partial charge in [-0.3, -0.25) is 4.99 Å². The Hall–Kier alpha value is -6.34. The Bertz CT molecular complexity index is 2460. The monoisotopic (exact) mass is 614 g/mol. The molecule has 0 radical (unpaired) electrons. The van der Waals surface area contributed by atoms with E-state index in [0.717, 1.165) is 60.5 Å². The van der Waals surface area contributed by atoms with Crippen LogP contribution in [0.1, 0.15) is 22.3 Å². The topological polar surface area (TPSA) is 112 Å².